The molecule has 1 aromatic heterocycles. The molecule has 4 rings (SSSR count). The number of nitrogens with zero attached hydrogens (tertiary/aromatic N) is 2. The number of hydrogen-bond acceptors (Lipinski definition) is 5. The van der Waals surface area contributed by atoms with Gasteiger partial charge in [0.15, 0.2) is 0 Å². The molecule has 1 atom stereocenters. The predicted octanol–water partition coefficient (Wildman–Crippen LogP) is 6.56. The van der Waals surface area contributed by atoms with E-state index in [0.29, 0.717) is 10.5 Å². The van der Waals surface area contributed by atoms with Gasteiger partial charge in [-0.25, -0.2) is 8.42 Å². The van der Waals surface area contributed by atoms with Gasteiger partial charge in [-0.3, -0.25) is 19.5 Å². The first-order valence-electron chi connectivity index (χ1n) is 11.2. The average molecular weight is 545 g/mol. The smallest absolute Gasteiger partial charge is 0.264 e. The first-order chi connectivity index (χ1) is 17.2. The largest absolute Gasteiger partial charge is 0.345 e. The van der Waals surface area contributed by atoms with E-state index in [1.165, 1.54) is 36.7 Å². The van der Waals surface area contributed by atoms with Crippen molar-refractivity contribution in [2.24, 2.45) is 0 Å². The van der Waals surface area contributed by atoms with Crippen LogP contribution in [0.25, 0.3) is 11.0 Å². The van der Waals surface area contributed by atoms with Crippen molar-refractivity contribution in [1.29, 1.82) is 0 Å². The Hall–Kier alpha value is -3.20. The number of sulfonamides is 1. The summed E-state index contributed by atoms with van der Waals surface area (Å²) in [5.74, 6) is -0.490. The van der Waals surface area contributed by atoms with E-state index in [-0.39, 0.29) is 26.7 Å². The Morgan fingerprint density at radius 3 is 2.42 bits per heavy atom. The minimum Gasteiger partial charge on any atom is -0.345 e. The summed E-state index contributed by atoms with van der Waals surface area (Å²) >= 11 is 12.5. The maximum Gasteiger partial charge on any atom is 0.264 e. The average Bonchev–Trinajstić information content (AvgIpc) is 2.84. The van der Waals surface area contributed by atoms with Gasteiger partial charge < -0.3 is 5.32 Å². The van der Waals surface area contributed by atoms with Crippen LogP contribution in [0.5, 0.6) is 0 Å². The fraction of sp³-hybridized carbons (Fsp3) is 0.192. The van der Waals surface area contributed by atoms with Gasteiger partial charge in [0, 0.05) is 22.4 Å². The van der Waals surface area contributed by atoms with Gasteiger partial charge in [-0.2, -0.15) is 0 Å². The molecule has 188 valence electrons. The van der Waals surface area contributed by atoms with Gasteiger partial charge in [0.25, 0.3) is 15.9 Å². The maximum atomic E-state index is 13.3. The second-order valence-corrected chi connectivity index (χ2v) is 10.2. The molecule has 0 unspecified atom stereocenters. The first kappa shape index (κ1) is 27.4. The van der Waals surface area contributed by atoms with Crippen molar-refractivity contribution in [3.05, 3.63) is 93.7 Å². The second kappa shape index (κ2) is 11.7. The molecule has 2 N–H and O–H groups in total. The molecule has 0 spiro atoms. The van der Waals surface area contributed by atoms with E-state index in [9.17, 15) is 13.2 Å². The summed E-state index contributed by atoms with van der Waals surface area (Å²) in [4.78, 5) is 21.4. The van der Waals surface area contributed by atoms with Crippen LogP contribution in [0.2, 0.25) is 10.0 Å². The summed E-state index contributed by atoms with van der Waals surface area (Å²) in [7, 11) is -4.12. The molecular formula is C26H26Cl2N4O3S. The number of nitrogens with one attached hydrogen (secondary N) is 2. The Balaban J connectivity index is 0.00000176. The fourth-order valence-corrected chi connectivity index (χ4v) is 5.33. The minimum absolute atomic E-state index is 0.0353. The molecule has 0 fully saturated rings. The number of anilines is 1. The van der Waals surface area contributed by atoms with E-state index in [2.05, 4.69) is 20.0 Å². The van der Waals surface area contributed by atoms with Crippen molar-refractivity contribution in [2.75, 3.05) is 4.72 Å². The highest BCUT2D eigenvalue weighted by molar-refractivity contribution is 7.93. The van der Waals surface area contributed by atoms with Crippen LogP contribution in [-0.4, -0.2) is 24.3 Å². The highest BCUT2D eigenvalue weighted by Gasteiger charge is 2.23. The number of hydrogen-bond donors (Lipinski definition) is 2. The topological polar surface area (TPSA) is 101 Å². The summed E-state index contributed by atoms with van der Waals surface area (Å²) < 4.78 is 29.0. The third kappa shape index (κ3) is 6.13. The van der Waals surface area contributed by atoms with E-state index in [1.807, 2.05) is 39.0 Å². The molecule has 0 saturated carbocycles. The number of benzene rings is 3. The molecule has 0 radical (unpaired) electrons. The minimum atomic E-state index is -4.12. The third-order valence-corrected chi connectivity index (χ3v) is 7.15. The molecule has 10 heteroatoms. The van der Waals surface area contributed by atoms with Gasteiger partial charge in [-0.05, 0) is 61.4 Å². The van der Waals surface area contributed by atoms with Crippen LogP contribution in [0.3, 0.4) is 0 Å². The number of halogens is 2. The molecule has 36 heavy (non-hydrogen) atoms. The van der Waals surface area contributed by atoms with Gasteiger partial charge in [0.05, 0.1) is 22.8 Å². The Bertz CT molecular complexity index is 1510. The van der Waals surface area contributed by atoms with Crippen molar-refractivity contribution in [3.63, 3.8) is 0 Å². The molecular weight excluding hydrogens is 519 g/mol. The number of amides is 1. The van der Waals surface area contributed by atoms with Crippen LogP contribution in [-0.2, 0) is 10.0 Å². The Morgan fingerprint density at radius 1 is 0.972 bits per heavy atom. The summed E-state index contributed by atoms with van der Waals surface area (Å²) in [6.07, 6.45) is 2.89. The quantitative estimate of drug-likeness (QED) is 0.286. The number of para-hydroxylation sites is 1. The molecule has 0 aliphatic rings. The van der Waals surface area contributed by atoms with E-state index in [0.717, 1.165) is 11.1 Å². The molecule has 0 aliphatic heterocycles. The number of aromatic nitrogens is 2. The zero-order valence-corrected chi connectivity index (χ0v) is 22.5. The molecule has 1 amide bonds. The van der Waals surface area contributed by atoms with E-state index in [4.69, 9.17) is 23.2 Å². The summed E-state index contributed by atoms with van der Waals surface area (Å²) in [5.41, 5.74) is 2.53. The fourth-order valence-electron chi connectivity index (χ4n) is 3.52. The van der Waals surface area contributed by atoms with Crippen molar-refractivity contribution < 1.29 is 13.2 Å². The number of fused-ring (bicyclic) bond motifs is 1. The Morgan fingerprint density at radius 2 is 1.69 bits per heavy atom. The first-order valence-corrected chi connectivity index (χ1v) is 13.5. The van der Waals surface area contributed by atoms with Crippen LogP contribution in [0.1, 0.15) is 48.3 Å². The van der Waals surface area contributed by atoms with Gasteiger partial charge in [-0.1, -0.05) is 55.2 Å². The monoisotopic (exact) mass is 544 g/mol. The van der Waals surface area contributed by atoms with Crippen LogP contribution in [0.4, 0.5) is 5.69 Å². The van der Waals surface area contributed by atoms with Gasteiger partial charge in [0.1, 0.15) is 10.4 Å². The van der Waals surface area contributed by atoms with E-state index < -0.39 is 22.0 Å². The van der Waals surface area contributed by atoms with Crippen molar-refractivity contribution >= 4 is 55.9 Å². The molecule has 0 aliphatic carbocycles. The second-order valence-electron chi connectivity index (χ2n) is 7.70. The maximum absolute atomic E-state index is 13.3. The summed E-state index contributed by atoms with van der Waals surface area (Å²) in [6, 6.07) is 14.2. The summed E-state index contributed by atoms with van der Waals surface area (Å²) in [5, 5.41) is 3.66. The highest BCUT2D eigenvalue weighted by Crippen LogP contribution is 2.28. The van der Waals surface area contributed by atoms with E-state index in [1.54, 1.807) is 19.1 Å². The van der Waals surface area contributed by atoms with Crippen LogP contribution in [0, 0.1) is 6.92 Å². The Kier molecular flexibility index (Phi) is 8.89. The normalized spacial score (nSPS) is 11.8. The number of carbonyl (C=O) groups excluding carboxylic acids is 1. The lowest BCUT2D eigenvalue weighted by molar-refractivity contribution is 0.0941. The van der Waals surface area contributed by atoms with Crippen LogP contribution >= 0.6 is 23.2 Å². The summed E-state index contributed by atoms with van der Waals surface area (Å²) in [6.45, 7) is 7.72. The van der Waals surface area contributed by atoms with Gasteiger partial charge in [-0.15, -0.1) is 0 Å². The van der Waals surface area contributed by atoms with Gasteiger partial charge in [0.2, 0.25) is 0 Å². The highest BCUT2D eigenvalue weighted by atomic mass is 35.5. The predicted molar refractivity (Wildman–Crippen MR) is 145 cm³/mol. The van der Waals surface area contributed by atoms with Crippen LogP contribution in [0.15, 0.2) is 71.9 Å². The molecule has 1 heterocycles. The van der Waals surface area contributed by atoms with Gasteiger partial charge >= 0.3 is 0 Å². The van der Waals surface area contributed by atoms with E-state index >= 15 is 0 Å². The molecule has 4 aromatic rings. The van der Waals surface area contributed by atoms with Crippen molar-refractivity contribution in [1.82, 2.24) is 15.3 Å². The standard InChI is InChI=1S/C24H20Cl2N4O3S.C2H6/c1-14-6-8-17(19(26)12-14)15(2)29-24(31)18-9-7-16(25)13-21(18)30-34(32,33)22-5-3-4-20-23(22)28-11-10-27-20;1-2/h3-13,15,30H,1-2H3,(H,29,31);1-2H3/t15-;/m0./s1. The zero-order chi connectivity index (χ0) is 26.5. The lowest BCUT2D eigenvalue weighted by Gasteiger charge is -2.18. The number of rotatable bonds is 6. The lowest BCUT2D eigenvalue weighted by Crippen LogP contribution is -2.28. The molecule has 0 bridgehead atoms. The van der Waals surface area contributed by atoms with Crippen molar-refractivity contribution in [3.8, 4) is 0 Å². The van der Waals surface area contributed by atoms with Crippen molar-refractivity contribution in [2.45, 2.75) is 38.6 Å². The molecule has 7 nitrogen and oxygen atoms in total. The SMILES string of the molecule is CC.Cc1ccc([C@H](C)NC(=O)c2ccc(Cl)cc2NS(=O)(=O)c2cccc3nccnc23)c(Cl)c1. The molecule has 3 aromatic carbocycles. The molecule has 0 saturated heterocycles. The Labute approximate surface area is 220 Å². The number of carbonyl (C=O) groups is 1. The van der Waals surface area contributed by atoms with Crippen LogP contribution < -0.4 is 10.0 Å². The lowest BCUT2D eigenvalue weighted by atomic mass is 10.1. The third-order valence-electron chi connectivity index (χ3n) is 5.19. The number of aryl methyl sites for hydroxylation is 1. The zero-order valence-electron chi connectivity index (χ0n) is 20.2.